The molecule has 0 aromatic carbocycles. The number of rotatable bonds is 5. The van der Waals surface area contributed by atoms with Crippen molar-refractivity contribution in [2.75, 3.05) is 19.3 Å². The number of aromatic nitrogens is 2. The molecule has 21 heavy (non-hydrogen) atoms. The van der Waals surface area contributed by atoms with Gasteiger partial charge in [-0.1, -0.05) is 6.42 Å². The van der Waals surface area contributed by atoms with Crippen LogP contribution < -0.4 is 5.32 Å². The van der Waals surface area contributed by atoms with Gasteiger partial charge in [0.2, 0.25) is 10.0 Å². The molecule has 1 atom stereocenters. The van der Waals surface area contributed by atoms with Crippen molar-refractivity contribution in [2.45, 2.75) is 38.6 Å². The minimum atomic E-state index is -3.17. The predicted molar refractivity (Wildman–Crippen MR) is 79.5 cm³/mol. The number of aryl methyl sites for hydroxylation is 1. The van der Waals surface area contributed by atoms with Crippen molar-refractivity contribution in [1.82, 2.24) is 19.6 Å². The van der Waals surface area contributed by atoms with Gasteiger partial charge < -0.3 is 10.3 Å². The number of H-pyrrole nitrogens is 1. The maximum absolute atomic E-state index is 11.9. The summed E-state index contributed by atoms with van der Waals surface area (Å²) in [7, 11) is -3.17. The molecule has 1 aromatic rings. The van der Waals surface area contributed by atoms with Crippen LogP contribution in [0, 0.1) is 6.92 Å². The van der Waals surface area contributed by atoms with Crippen LogP contribution in [0.1, 0.15) is 42.0 Å². The molecular weight excluding hydrogens is 292 g/mol. The van der Waals surface area contributed by atoms with E-state index in [4.69, 9.17) is 0 Å². The fraction of sp³-hybridized carbons (Fsp3) is 0.692. The molecule has 1 amide bonds. The number of hydrogen-bond acceptors (Lipinski definition) is 4. The Bertz CT molecular complexity index is 596. The first-order chi connectivity index (χ1) is 9.88. The zero-order valence-electron chi connectivity index (χ0n) is 12.4. The van der Waals surface area contributed by atoms with Gasteiger partial charge in [0.15, 0.2) is 0 Å². The third-order valence-electron chi connectivity index (χ3n) is 3.71. The average molecular weight is 314 g/mol. The highest BCUT2D eigenvalue weighted by atomic mass is 32.2. The van der Waals surface area contributed by atoms with Crippen molar-refractivity contribution in [1.29, 1.82) is 0 Å². The molecule has 1 unspecified atom stereocenters. The molecule has 0 spiro atoms. The van der Waals surface area contributed by atoms with Crippen molar-refractivity contribution >= 4 is 15.9 Å². The lowest BCUT2D eigenvalue weighted by Crippen LogP contribution is -2.44. The number of amides is 1. The summed E-state index contributed by atoms with van der Waals surface area (Å²) in [4.78, 5) is 18.7. The van der Waals surface area contributed by atoms with E-state index in [9.17, 15) is 13.2 Å². The Morgan fingerprint density at radius 1 is 1.52 bits per heavy atom. The van der Waals surface area contributed by atoms with E-state index in [0.29, 0.717) is 31.0 Å². The molecule has 7 nitrogen and oxygen atoms in total. The van der Waals surface area contributed by atoms with Crippen molar-refractivity contribution < 1.29 is 13.2 Å². The van der Waals surface area contributed by atoms with Gasteiger partial charge in [0.05, 0.1) is 12.5 Å². The van der Waals surface area contributed by atoms with E-state index in [0.717, 1.165) is 19.3 Å². The molecule has 8 heteroatoms. The summed E-state index contributed by atoms with van der Waals surface area (Å²) in [6.45, 7) is 2.81. The van der Waals surface area contributed by atoms with Gasteiger partial charge in [0.1, 0.15) is 11.5 Å². The van der Waals surface area contributed by atoms with Gasteiger partial charge in [0.25, 0.3) is 5.91 Å². The Labute approximate surface area is 125 Å². The van der Waals surface area contributed by atoms with E-state index in [-0.39, 0.29) is 11.9 Å². The Balaban J connectivity index is 1.85. The highest BCUT2D eigenvalue weighted by Crippen LogP contribution is 2.21. The summed E-state index contributed by atoms with van der Waals surface area (Å²) in [6.07, 6.45) is 6.16. The summed E-state index contributed by atoms with van der Waals surface area (Å²) in [6, 6.07) is -0.0162. The van der Waals surface area contributed by atoms with Crippen LogP contribution in [0.25, 0.3) is 0 Å². The number of carbonyl (C=O) groups excluding carboxylic acids is 1. The Hall–Kier alpha value is -1.41. The molecule has 0 bridgehead atoms. The lowest BCUT2D eigenvalue weighted by Gasteiger charge is -2.33. The molecule has 0 saturated carbocycles. The zero-order valence-corrected chi connectivity index (χ0v) is 13.2. The number of nitrogens with zero attached hydrogens (tertiary/aromatic N) is 2. The number of nitrogens with one attached hydrogen (secondary N) is 2. The van der Waals surface area contributed by atoms with Crippen LogP contribution in [0.15, 0.2) is 6.20 Å². The largest absolute Gasteiger partial charge is 0.351 e. The summed E-state index contributed by atoms with van der Waals surface area (Å²) in [5.74, 6) is 0.480. The first-order valence-electron chi connectivity index (χ1n) is 7.14. The van der Waals surface area contributed by atoms with Gasteiger partial charge in [-0.05, 0) is 26.2 Å². The number of carbonyl (C=O) groups is 1. The van der Waals surface area contributed by atoms with Crippen LogP contribution in [-0.4, -0.2) is 54.0 Å². The second-order valence-corrected chi connectivity index (χ2v) is 7.39. The van der Waals surface area contributed by atoms with E-state index in [1.807, 2.05) is 0 Å². The quantitative estimate of drug-likeness (QED) is 0.834. The van der Waals surface area contributed by atoms with Crippen LogP contribution in [-0.2, 0) is 10.0 Å². The zero-order chi connectivity index (χ0) is 15.5. The fourth-order valence-corrected chi connectivity index (χ4v) is 3.90. The minimum absolute atomic E-state index is 0.0162. The van der Waals surface area contributed by atoms with Crippen molar-refractivity contribution in [2.24, 2.45) is 0 Å². The minimum Gasteiger partial charge on any atom is -0.351 e. The predicted octanol–water partition coefficient (Wildman–Crippen LogP) is 0.652. The highest BCUT2D eigenvalue weighted by Gasteiger charge is 2.28. The Morgan fingerprint density at radius 3 is 2.90 bits per heavy atom. The van der Waals surface area contributed by atoms with Gasteiger partial charge in [-0.2, -0.15) is 4.31 Å². The smallest absolute Gasteiger partial charge is 0.269 e. The van der Waals surface area contributed by atoms with Crippen LogP contribution in [0.5, 0.6) is 0 Å². The van der Waals surface area contributed by atoms with Crippen molar-refractivity contribution in [3.05, 3.63) is 17.7 Å². The number of piperidine rings is 1. The molecule has 1 aromatic heterocycles. The van der Waals surface area contributed by atoms with Crippen LogP contribution in [0.4, 0.5) is 0 Å². The van der Waals surface area contributed by atoms with Crippen molar-refractivity contribution in [3.63, 3.8) is 0 Å². The van der Waals surface area contributed by atoms with Crippen LogP contribution in [0.3, 0.4) is 0 Å². The maximum Gasteiger partial charge on any atom is 0.269 e. The fourth-order valence-electron chi connectivity index (χ4n) is 2.68. The van der Waals surface area contributed by atoms with Crippen LogP contribution in [0.2, 0.25) is 0 Å². The van der Waals surface area contributed by atoms with E-state index in [1.165, 1.54) is 12.5 Å². The van der Waals surface area contributed by atoms with Crippen LogP contribution >= 0.6 is 0 Å². The summed E-state index contributed by atoms with van der Waals surface area (Å²) in [5, 5.41) is 2.80. The number of sulfonamides is 1. The standard InChI is InChI=1S/C13H22N4O3S/c1-10-15-9-12(16-10)13(18)14-7-6-11-5-3-4-8-17(11)21(2,19)20/h9,11H,3-8H2,1-2H3,(H,14,18)(H,15,16). The van der Waals surface area contributed by atoms with E-state index in [2.05, 4.69) is 15.3 Å². The highest BCUT2D eigenvalue weighted by molar-refractivity contribution is 7.88. The van der Waals surface area contributed by atoms with E-state index >= 15 is 0 Å². The second-order valence-electron chi connectivity index (χ2n) is 5.45. The Kier molecular flexibility index (Phi) is 5.00. The van der Waals surface area contributed by atoms with E-state index < -0.39 is 10.0 Å². The van der Waals surface area contributed by atoms with E-state index in [1.54, 1.807) is 11.2 Å². The SMILES string of the molecule is Cc1ncc(C(=O)NCCC2CCCCN2S(C)(=O)=O)[nH]1. The van der Waals surface area contributed by atoms with Crippen molar-refractivity contribution in [3.8, 4) is 0 Å². The topological polar surface area (TPSA) is 95.2 Å². The number of imidazole rings is 1. The maximum atomic E-state index is 11.9. The number of aromatic amines is 1. The third kappa shape index (κ3) is 4.28. The molecule has 2 rings (SSSR count). The summed E-state index contributed by atoms with van der Waals surface area (Å²) in [5.41, 5.74) is 0.427. The Morgan fingerprint density at radius 2 is 2.29 bits per heavy atom. The first-order valence-corrected chi connectivity index (χ1v) is 8.99. The molecule has 1 saturated heterocycles. The molecule has 2 heterocycles. The lowest BCUT2D eigenvalue weighted by atomic mass is 10.0. The summed E-state index contributed by atoms with van der Waals surface area (Å²) < 4.78 is 25.0. The molecule has 2 N–H and O–H groups in total. The molecular formula is C13H22N4O3S. The van der Waals surface area contributed by atoms with Gasteiger partial charge in [-0.25, -0.2) is 13.4 Å². The molecule has 0 radical (unpaired) electrons. The molecule has 1 aliphatic rings. The van der Waals surface area contributed by atoms with Gasteiger partial charge in [-0.15, -0.1) is 0 Å². The molecule has 1 aliphatic heterocycles. The molecule has 118 valence electrons. The second kappa shape index (κ2) is 6.57. The third-order valence-corrected chi connectivity index (χ3v) is 5.04. The van der Waals surface area contributed by atoms with Gasteiger partial charge in [-0.3, -0.25) is 4.79 Å². The van der Waals surface area contributed by atoms with Gasteiger partial charge in [0, 0.05) is 19.1 Å². The van der Waals surface area contributed by atoms with Gasteiger partial charge >= 0.3 is 0 Å². The normalized spacial score (nSPS) is 20.4. The molecule has 0 aliphatic carbocycles. The summed E-state index contributed by atoms with van der Waals surface area (Å²) >= 11 is 0. The lowest BCUT2D eigenvalue weighted by molar-refractivity contribution is 0.0945. The number of hydrogen-bond donors (Lipinski definition) is 2. The monoisotopic (exact) mass is 314 g/mol. The molecule has 1 fully saturated rings. The first kappa shape index (κ1) is 16.0. The average Bonchev–Trinajstić information content (AvgIpc) is 2.85.